The van der Waals surface area contributed by atoms with E-state index in [1.165, 1.54) is 12.1 Å². The van der Waals surface area contributed by atoms with E-state index in [1.54, 1.807) is 25.4 Å². The van der Waals surface area contributed by atoms with Crippen molar-refractivity contribution in [3.8, 4) is 23.0 Å². The monoisotopic (exact) mass is 511 g/mol. The van der Waals surface area contributed by atoms with Crippen molar-refractivity contribution in [3.63, 3.8) is 0 Å². The SMILES string of the molecule is COc1ncccc1Nc1cc2nc3ccccc3n(-c3ccc(F)cc3)c-2cc1=NC1CCSCC1. The van der Waals surface area contributed by atoms with Crippen molar-refractivity contribution in [2.24, 2.45) is 4.99 Å². The third-order valence-electron chi connectivity index (χ3n) is 6.53. The zero-order chi connectivity index (χ0) is 25.2. The second kappa shape index (κ2) is 10.2. The Kier molecular flexibility index (Phi) is 6.49. The third-order valence-corrected chi connectivity index (χ3v) is 7.58. The van der Waals surface area contributed by atoms with Crippen LogP contribution in [-0.4, -0.2) is 39.2 Å². The van der Waals surface area contributed by atoms with Gasteiger partial charge in [-0.25, -0.2) is 14.4 Å². The van der Waals surface area contributed by atoms with Gasteiger partial charge in [0.05, 0.1) is 46.6 Å². The first kappa shape index (κ1) is 23.5. The van der Waals surface area contributed by atoms with Crippen molar-refractivity contribution >= 4 is 34.2 Å². The average molecular weight is 512 g/mol. The van der Waals surface area contributed by atoms with Gasteiger partial charge in [0.1, 0.15) is 11.5 Å². The Morgan fingerprint density at radius 3 is 2.62 bits per heavy atom. The molecule has 6 rings (SSSR count). The highest BCUT2D eigenvalue weighted by Crippen LogP contribution is 2.32. The number of nitrogens with zero attached hydrogens (tertiary/aromatic N) is 4. The predicted octanol–water partition coefficient (Wildman–Crippen LogP) is 6.21. The molecule has 1 fully saturated rings. The molecule has 2 aromatic carbocycles. The third kappa shape index (κ3) is 4.76. The number of hydrogen-bond donors (Lipinski definition) is 1. The lowest BCUT2D eigenvalue weighted by Crippen LogP contribution is -2.20. The summed E-state index contributed by atoms with van der Waals surface area (Å²) in [6.45, 7) is 0. The van der Waals surface area contributed by atoms with Crippen molar-refractivity contribution in [1.82, 2.24) is 14.5 Å². The van der Waals surface area contributed by atoms with Gasteiger partial charge in [0.2, 0.25) is 5.88 Å². The van der Waals surface area contributed by atoms with Gasteiger partial charge >= 0.3 is 0 Å². The van der Waals surface area contributed by atoms with Gasteiger partial charge in [-0.1, -0.05) is 12.1 Å². The molecule has 3 aromatic rings. The molecule has 0 amide bonds. The minimum Gasteiger partial charge on any atom is -0.480 e. The second-order valence-corrected chi connectivity index (χ2v) is 10.2. The van der Waals surface area contributed by atoms with Gasteiger partial charge in [0.25, 0.3) is 0 Å². The van der Waals surface area contributed by atoms with Crippen LogP contribution in [0.3, 0.4) is 0 Å². The number of rotatable bonds is 5. The molecule has 1 N–H and O–H groups in total. The molecule has 2 aliphatic heterocycles. The van der Waals surface area contributed by atoms with Gasteiger partial charge in [0, 0.05) is 11.9 Å². The predicted molar refractivity (Wildman–Crippen MR) is 148 cm³/mol. The van der Waals surface area contributed by atoms with Gasteiger partial charge in [0.15, 0.2) is 0 Å². The Morgan fingerprint density at radius 2 is 1.81 bits per heavy atom. The average Bonchev–Trinajstić information content (AvgIpc) is 2.94. The lowest BCUT2D eigenvalue weighted by Gasteiger charge is -2.22. The first-order valence-electron chi connectivity index (χ1n) is 12.3. The molecule has 0 bridgehead atoms. The summed E-state index contributed by atoms with van der Waals surface area (Å²) < 4.78 is 21.4. The van der Waals surface area contributed by atoms with Gasteiger partial charge in [-0.05, 0) is 85.0 Å². The van der Waals surface area contributed by atoms with E-state index in [4.69, 9.17) is 14.7 Å². The number of nitrogens with one attached hydrogen (secondary N) is 1. The second-order valence-electron chi connectivity index (χ2n) is 8.93. The Labute approximate surface area is 218 Å². The minimum absolute atomic E-state index is 0.253. The molecule has 37 heavy (non-hydrogen) atoms. The van der Waals surface area contributed by atoms with Crippen LogP contribution in [0.15, 0.2) is 84.0 Å². The summed E-state index contributed by atoms with van der Waals surface area (Å²) in [6.07, 6.45) is 3.80. The van der Waals surface area contributed by atoms with Gasteiger partial charge < -0.3 is 14.6 Å². The highest BCUT2D eigenvalue weighted by atomic mass is 32.2. The van der Waals surface area contributed by atoms with Crippen LogP contribution in [0.5, 0.6) is 5.88 Å². The minimum atomic E-state index is -0.269. The van der Waals surface area contributed by atoms with Crippen molar-refractivity contribution in [1.29, 1.82) is 0 Å². The van der Waals surface area contributed by atoms with Gasteiger partial charge in [-0.3, -0.25) is 4.99 Å². The number of thioether (sulfide) groups is 1. The molecular weight excluding hydrogens is 485 g/mol. The van der Waals surface area contributed by atoms with Crippen LogP contribution in [0.2, 0.25) is 0 Å². The molecule has 0 unspecified atom stereocenters. The number of ether oxygens (including phenoxy) is 1. The van der Waals surface area contributed by atoms with Crippen molar-refractivity contribution in [2.45, 2.75) is 18.9 Å². The van der Waals surface area contributed by atoms with E-state index in [0.29, 0.717) is 5.88 Å². The van der Waals surface area contributed by atoms with E-state index >= 15 is 0 Å². The van der Waals surface area contributed by atoms with Crippen LogP contribution in [-0.2, 0) is 0 Å². The molecule has 6 nitrogen and oxygen atoms in total. The molecular formula is C29H26FN5OS. The van der Waals surface area contributed by atoms with E-state index < -0.39 is 0 Å². The molecule has 1 aliphatic carbocycles. The molecule has 0 radical (unpaired) electrons. The lowest BCUT2D eigenvalue weighted by molar-refractivity contribution is 0.400. The van der Waals surface area contributed by atoms with Crippen molar-refractivity contribution < 1.29 is 9.13 Å². The quantitative estimate of drug-likeness (QED) is 0.284. The zero-order valence-electron chi connectivity index (χ0n) is 20.4. The summed E-state index contributed by atoms with van der Waals surface area (Å²) in [4.78, 5) is 14.5. The number of halogens is 1. The van der Waals surface area contributed by atoms with Crippen LogP contribution in [0, 0.1) is 5.82 Å². The molecule has 0 spiro atoms. The van der Waals surface area contributed by atoms with Crippen molar-refractivity contribution in [3.05, 3.63) is 90.2 Å². The molecule has 186 valence electrons. The maximum absolute atomic E-state index is 13.8. The first-order valence-corrected chi connectivity index (χ1v) is 13.4. The number of hydrogen-bond acceptors (Lipinski definition) is 6. The van der Waals surface area contributed by atoms with E-state index in [9.17, 15) is 4.39 Å². The summed E-state index contributed by atoms with van der Waals surface area (Å²) in [7, 11) is 1.61. The van der Waals surface area contributed by atoms with E-state index in [-0.39, 0.29) is 11.9 Å². The van der Waals surface area contributed by atoms with Crippen LogP contribution in [0.1, 0.15) is 12.8 Å². The van der Waals surface area contributed by atoms with E-state index in [1.807, 2.05) is 54.2 Å². The Balaban J connectivity index is 1.62. The Morgan fingerprint density at radius 1 is 1.00 bits per heavy atom. The topological polar surface area (TPSA) is 64.3 Å². The Hall–Kier alpha value is -3.91. The number of methoxy groups -OCH3 is 1. The molecule has 1 aromatic heterocycles. The molecule has 8 heteroatoms. The van der Waals surface area contributed by atoms with Crippen LogP contribution in [0.25, 0.3) is 28.1 Å². The summed E-state index contributed by atoms with van der Waals surface area (Å²) in [6, 6.07) is 22.7. The Bertz CT molecular complexity index is 1590. The number of benzene rings is 3. The molecule has 0 saturated carbocycles. The van der Waals surface area contributed by atoms with Crippen LogP contribution in [0.4, 0.5) is 15.8 Å². The fraction of sp³-hybridized carbons (Fsp3) is 0.207. The van der Waals surface area contributed by atoms with Crippen LogP contribution < -0.4 is 15.4 Å². The first-order chi connectivity index (χ1) is 18.2. The normalized spacial score (nSPS) is 14.8. The summed E-state index contributed by atoms with van der Waals surface area (Å²) in [5, 5.41) is 4.35. The number of pyridine rings is 1. The maximum atomic E-state index is 13.8. The van der Waals surface area contributed by atoms with E-state index in [0.717, 1.165) is 69.2 Å². The highest BCUT2D eigenvalue weighted by Gasteiger charge is 2.19. The van der Waals surface area contributed by atoms with Crippen molar-refractivity contribution in [2.75, 3.05) is 23.9 Å². The number of fused-ring (bicyclic) bond motifs is 2. The summed E-state index contributed by atoms with van der Waals surface area (Å²) >= 11 is 1.98. The fourth-order valence-corrected chi connectivity index (χ4v) is 5.80. The van der Waals surface area contributed by atoms with Gasteiger partial charge in [-0.2, -0.15) is 11.8 Å². The smallest absolute Gasteiger partial charge is 0.237 e. The fourth-order valence-electron chi connectivity index (χ4n) is 4.72. The standard InChI is InChI=1S/C29H26FN5OS/c1-36-29-23(6-4-14-31-29)34-24-17-26-28(18-25(24)32-20-12-15-37-16-13-20)35(21-10-8-19(30)9-11-21)27-7-3-2-5-22(27)33-26/h2-11,14,17-18,20,34H,12-13,15-16H2,1H3. The molecule has 3 aliphatic rings. The molecule has 3 heterocycles. The van der Waals surface area contributed by atoms with Crippen LogP contribution >= 0.6 is 11.8 Å². The largest absolute Gasteiger partial charge is 0.480 e. The maximum Gasteiger partial charge on any atom is 0.237 e. The summed E-state index contributed by atoms with van der Waals surface area (Å²) in [5.41, 5.74) is 5.94. The molecule has 1 saturated heterocycles. The zero-order valence-corrected chi connectivity index (χ0v) is 21.2. The molecule has 0 atom stereocenters. The van der Waals surface area contributed by atoms with Gasteiger partial charge in [-0.15, -0.1) is 0 Å². The van der Waals surface area contributed by atoms with E-state index in [2.05, 4.69) is 20.9 Å². The lowest BCUT2D eigenvalue weighted by atomic mass is 10.1. The highest BCUT2D eigenvalue weighted by molar-refractivity contribution is 7.99. The number of para-hydroxylation sites is 2. The summed E-state index contributed by atoms with van der Waals surface area (Å²) in [5.74, 6) is 2.47. The number of anilines is 2. The number of aromatic nitrogens is 3.